The zero-order valence-corrected chi connectivity index (χ0v) is 17.5. The van der Waals surface area contributed by atoms with Crippen LogP contribution in [0.25, 0.3) is 28.1 Å². The smallest absolute Gasteiger partial charge is 0.188 e. The highest BCUT2D eigenvalue weighted by molar-refractivity contribution is 6.31. The third-order valence-corrected chi connectivity index (χ3v) is 5.19. The van der Waals surface area contributed by atoms with E-state index in [2.05, 4.69) is 4.98 Å². The average Bonchev–Trinajstić information content (AvgIpc) is 2.77. The summed E-state index contributed by atoms with van der Waals surface area (Å²) in [7, 11) is 1.62. The zero-order valence-electron chi connectivity index (χ0n) is 16.7. The van der Waals surface area contributed by atoms with E-state index in [1.165, 1.54) is 0 Å². The van der Waals surface area contributed by atoms with Crippen LogP contribution in [-0.4, -0.2) is 17.9 Å². The van der Waals surface area contributed by atoms with E-state index in [0.29, 0.717) is 16.3 Å². The third kappa shape index (κ3) is 3.98. The Morgan fingerprint density at radius 3 is 2.57 bits per heavy atom. The van der Waals surface area contributed by atoms with Crippen LogP contribution in [0.15, 0.2) is 78.9 Å². The quantitative estimate of drug-likeness (QED) is 0.268. The Labute approximate surface area is 180 Å². The van der Waals surface area contributed by atoms with Crippen molar-refractivity contribution in [1.82, 2.24) is 4.98 Å². The van der Waals surface area contributed by atoms with Gasteiger partial charge >= 0.3 is 0 Å². The van der Waals surface area contributed by atoms with Crippen LogP contribution in [-0.2, 0) is 0 Å². The van der Waals surface area contributed by atoms with Crippen LogP contribution < -0.4 is 4.74 Å². The maximum atomic E-state index is 13.3. The molecule has 0 amide bonds. The predicted octanol–water partition coefficient (Wildman–Crippen LogP) is 6.77. The first kappa shape index (κ1) is 19.9. The molecule has 0 bridgehead atoms. The second-order valence-corrected chi connectivity index (χ2v) is 7.39. The van der Waals surface area contributed by atoms with E-state index in [1.807, 2.05) is 79.7 Å². The second-order valence-electron chi connectivity index (χ2n) is 6.95. The van der Waals surface area contributed by atoms with E-state index < -0.39 is 0 Å². The minimum absolute atomic E-state index is 0.108. The van der Waals surface area contributed by atoms with E-state index in [9.17, 15) is 4.79 Å². The van der Waals surface area contributed by atoms with Crippen LogP contribution in [0.3, 0.4) is 0 Å². The summed E-state index contributed by atoms with van der Waals surface area (Å²) in [6.45, 7) is 1.87. The first-order chi connectivity index (χ1) is 14.6. The molecule has 0 unspecified atom stereocenters. The number of ether oxygens (including phenoxy) is 1. The summed E-state index contributed by atoms with van der Waals surface area (Å²) in [5, 5.41) is 1.47. The number of carbonyl (C=O) groups excluding carboxylic acids is 1. The Morgan fingerprint density at radius 1 is 1.00 bits per heavy atom. The van der Waals surface area contributed by atoms with Crippen molar-refractivity contribution in [1.29, 1.82) is 0 Å². The fourth-order valence-electron chi connectivity index (χ4n) is 3.56. The first-order valence-electron chi connectivity index (χ1n) is 9.58. The molecule has 148 valence electrons. The van der Waals surface area contributed by atoms with Crippen LogP contribution in [0, 0.1) is 6.92 Å². The Morgan fingerprint density at radius 2 is 1.80 bits per heavy atom. The van der Waals surface area contributed by atoms with Crippen LogP contribution in [0.1, 0.15) is 21.6 Å². The number of rotatable bonds is 5. The number of hydrogen-bond acceptors (Lipinski definition) is 3. The molecule has 0 aliphatic heterocycles. The standard InChI is InChI=1S/C26H20ClNO2/c1-17-25(24(29)14-11-18-7-6-10-21(15-18)30-2)26(19-8-4-3-5-9-19)22-16-20(27)12-13-23(22)28-17/h3-16H,1-2H3/b14-11+. The van der Waals surface area contributed by atoms with E-state index in [1.54, 1.807) is 19.3 Å². The lowest BCUT2D eigenvalue weighted by Crippen LogP contribution is -2.05. The predicted molar refractivity (Wildman–Crippen MR) is 123 cm³/mol. The molecule has 0 radical (unpaired) electrons. The molecule has 0 aliphatic carbocycles. The summed E-state index contributed by atoms with van der Waals surface area (Å²) in [4.78, 5) is 18.0. The Bertz CT molecular complexity index is 1260. The molecule has 4 rings (SSSR count). The number of benzene rings is 3. The molecule has 4 aromatic rings. The van der Waals surface area contributed by atoms with Crippen molar-refractivity contribution >= 4 is 34.4 Å². The number of ketones is 1. The largest absolute Gasteiger partial charge is 0.497 e. The minimum Gasteiger partial charge on any atom is -0.497 e. The number of carbonyl (C=O) groups is 1. The third-order valence-electron chi connectivity index (χ3n) is 4.96. The normalized spacial score (nSPS) is 11.2. The highest BCUT2D eigenvalue weighted by atomic mass is 35.5. The monoisotopic (exact) mass is 413 g/mol. The van der Waals surface area contributed by atoms with Gasteiger partial charge in [0.25, 0.3) is 0 Å². The van der Waals surface area contributed by atoms with Gasteiger partial charge in [-0.15, -0.1) is 0 Å². The lowest BCUT2D eigenvalue weighted by atomic mass is 9.92. The number of halogens is 1. The van der Waals surface area contributed by atoms with Gasteiger partial charge < -0.3 is 4.74 Å². The molecule has 3 aromatic carbocycles. The fraction of sp³-hybridized carbons (Fsp3) is 0.0769. The van der Waals surface area contributed by atoms with Crippen LogP contribution in [0.2, 0.25) is 5.02 Å². The molecule has 4 heteroatoms. The minimum atomic E-state index is -0.108. The number of methoxy groups -OCH3 is 1. The molecule has 0 saturated heterocycles. The average molecular weight is 414 g/mol. The van der Waals surface area contributed by atoms with Crippen molar-refractivity contribution in [2.24, 2.45) is 0 Å². The molecule has 0 aliphatic rings. The van der Waals surface area contributed by atoms with Gasteiger partial charge in [-0.05, 0) is 54.5 Å². The lowest BCUT2D eigenvalue weighted by Gasteiger charge is -2.14. The number of allylic oxidation sites excluding steroid dienone is 1. The summed E-state index contributed by atoms with van der Waals surface area (Å²) in [5.41, 5.74) is 4.76. The van der Waals surface area contributed by atoms with Crippen molar-refractivity contribution in [3.63, 3.8) is 0 Å². The molecular formula is C26H20ClNO2. The maximum absolute atomic E-state index is 13.3. The van der Waals surface area contributed by atoms with Crippen molar-refractivity contribution in [2.75, 3.05) is 7.11 Å². The van der Waals surface area contributed by atoms with Gasteiger partial charge in [0.1, 0.15) is 5.75 Å². The number of aryl methyl sites for hydroxylation is 1. The Hall–Kier alpha value is -3.43. The van der Waals surface area contributed by atoms with Gasteiger partial charge in [0, 0.05) is 21.7 Å². The number of fused-ring (bicyclic) bond motifs is 1. The van der Waals surface area contributed by atoms with Crippen molar-refractivity contribution in [3.8, 4) is 16.9 Å². The molecule has 0 atom stereocenters. The fourth-order valence-corrected chi connectivity index (χ4v) is 3.74. The van der Waals surface area contributed by atoms with Gasteiger partial charge in [0.15, 0.2) is 5.78 Å². The van der Waals surface area contributed by atoms with Gasteiger partial charge in [-0.1, -0.05) is 60.1 Å². The molecule has 30 heavy (non-hydrogen) atoms. The van der Waals surface area contributed by atoms with Crippen molar-refractivity contribution < 1.29 is 9.53 Å². The molecule has 1 aromatic heterocycles. The number of nitrogens with zero attached hydrogens (tertiary/aromatic N) is 1. The SMILES string of the molecule is COc1cccc(/C=C/C(=O)c2c(C)nc3ccc(Cl)cc3c2-c2ccccc2)c1. The summed E-state index contributed by atoms with van der Waals surface area (Å²) in [6.07, 6.45) is 3.38. The number of pyridine rings is 1. The van der Waals surface area contributed by atoms with Crippen LogP contribution >= 0.6 is 11.6 Å². The molecule has 0 spiro atoms. The van der Waals surface area contributed by atoms with E-state index in [0.717, 1.165) is 33.3 Å². The molecule has 1 heterocycles. The van der Waals surface area contributed by atoms with E-state index in [4.69, 9.17) is 16.3 Å². The molecule has 0 saturated carbocycles. The number of aromatic nitrogens is 1. The molecule has 0 N–H and O–H groups in total. The Kier molecular flexibility index (Phi) is 5.64. The maximum Gasteiger partial charge on any atom is 0.188 e. The molecule has 0 fully saturated rings. The highest BCUT2D eigenvalue weighted by Crippen LogP contribution is 2.35. The van der Waals surface area contributed by atoms with Gasteiger partial charge in [-0.3, -0.25) is 9.78 Å². The number of hydrogen-bond donors (Lipinski definition) is 0. The van der Waals surface area contributed by atoms with Gasteiger partial charge in [0.2, 0.25) is 0 Å². The first-order valence-corrected chi connectivity index (χ1v) is 9.96. The summed E-state index contributed by atoms with van der Waals surface area (Å²) >= 11 is 6.28. The zero-order chi connectivity index (χ0) is 21.1. The topological polar surface area (TPSA) is 39.2 Å². The van der Waals surface area contributed by atoms with E-state index in [-0.39, 0.29) is 5.78 Å². The summed E-state index contributed by atoms with van der Waals surface area (Å²) in [6, 6.07) is 23.0. The van der Waals surface area contributed by atoms with Crippen molar-refractivity contribution in [3.05, 3.63) is 101 Å². The van der Waals surface area contributed by atoms with Crippen LogP contribution in [0.5, 0.6) is 5.75 Å². The van der Waals surface area contributed by atoms with Gasteiger partial charge in [0.05, 0.1) is 18.2 Å². The lowest BCUT2D eigenvalue weighted by molar-refractivity contribution is 0.104. The Balaban J connectivity index is 1.88. The van der Waals surface area contributed by atoms with Crippen LogP contribution in [0.4, 0.5) is 0 Å². The molecular weight excluding hydrogens is 394 g/mol. The summed E-state index contributed by atoms with van der Waals surface area (Å²) in [5.74, 6) is 0.635. The van der Waals surface area contributed by atoms with Gasteiger partial charge in [-0.2, -0.15) is 0 Å². The molecule has 3 nitrogen and oxygen atoms in total. The van der Waals surface area contributed by atoms with Gasteiger partial charge in [-0.25, -0.2) is 0 Å². The van der Waals surface area contributed by atoms with Crippen molar-refractivity contribution in [2.45, 2.75) is 6.92 Å². The van der Waals surface area contributed by atoms with E-state index >= 15 is 0 Å². The second kappa shape index (κ2) is 8.52. The highest BCUT2D eigenvalue weighted by Gasteiger charge is 2.19. The summed E-state index contributed by atoms with van der Waals surface area (Å²) < 4.78 is 5.26.